The van der Waals surface area contributed by atoms with Crippen molar-refractivity contribution in [3.8, 4) is 0 Å². The van der Waals surface area contributed by atoms with E-state index in [1.54, 1.807) is 12.2 Å². The number of carbonyl (C=O) groups excluding carboxylic acids is 2. The fourth-order valence-corrected chi connectivity index (χ4v) is 4.96. The maximum Gasteiger partial charge on any atom is 0.266 e. The molecule has 1 aromatic carbocycles. The van der Waals surface area contributed by atoms with E-state index in [1.807, 2.05) is 36.4 Å². The molecule has 140 valence electrons. The summed E-state index contributed by atoms with van der Waals surface area (Å²) in [6.45, 7) is -0.241. The lowest BCUT2D eigenvalue weighted by atomic mass is 10.2. The van der Waals surface area contributed by atoms with E-state index in [2.05, 4.69) is 5.32 Å². The van der Waals surface area contributed by atoms with E-state index in [-0.39, 0.29) is 18.2 Å². The van der Waals surface area contributed by atoms with Gasteiger partial charge < -0.3 is 5.32 Å². The molecule has 0 bridgehead atoms. The van der Waals surface area contributed by atoms with Crippen LogP contribution in [0.4, 0.5) is 0 Å². The molecule has 2 aliphatic rings. The molecule has 2 aliphatic heterocycles. The number of nitrogens with one attached hydrogen (secondary N) is 1. The highest BCUT2D eigenvalue weighted by Gasteiger charge is 2.33. The molecule has 27 heavy (non-hydrogen) atoms. The van der Waals surface area contributed by atoms with Gasteiger partial charge >= 0.3 is 0 Å². The van der Waals surface area contributed by atoms with Gasteiger partial charge in [-0.05, 0) is 17.7 Å². The Morgan fingerprint density at radius 1 is 1.33 bits per heavy atom. The molecular formula is C18H16N2O4S3. The Labute approximate surface area is 166 Å². The number of benzene rings is 1. The van der Waals surface area contributed by atoms with Crippen molar-refractivity contribution < 1.29 is 18.0 Å². The summed E-state index contributed by atoms with van der Waals surface area (Å²) in [6.07, 6.45) is 6.71. The van der Waals surface area contributed by atoms with Gasteiger partial charge in [0.15, 0.2) is 9.84 Å². The highest BCUT2D eigenvalue weighted by atomic mass is 32.2. The minimum absolute atomic E-state index is 0.165. The number of hydrogen-bond acceptors (Lipinski definition) is 6. The molecule has 6 nitrogen and oxygen atoms in total. The van der Waals surface area contributed by atoms with Crippen LogP contribution in [0.3, 0.4) is 0 Å². The molecule has 0 spiro atoms. The van der Waals surface area contributed by atoms with Gasteiger partial charge in [-0.15, -0.1) is 0 Å². The lowest BCUT2D eigenvalue weighted by Gasteiger charge is -2.16. The van der Waals surface area contributed by atoms with Gasteiger partial charge in [0, 0.05) is 5.41 Å². The number of sulfone groups is 1. The summed E-state index contributed by atoms with van der Waals surface area (Å²) in [6, 6.07) is 9.06. The Balaban J connectivity index is 1.59. The lowest BCUT2D eigenvalue weighted by Crippen LogP contribution is -2.43. The molecular weight excluding hydrogens is 404 g/mol. The van der Waals surface area contributed by atoms with Gasteiger partial charge in [0.1, 0.15) is 10.9 Å². The molecule has 0 unspecified atom stereocenters. The van der Waals surface area contributed by atoms with Crippen molar-refractivity contribution in [3.05, 3.63) is 64.4 Å². The second-order valence-corrected chi connectivity index (χ2v) is 9.50. The fourth-order valence-electron chi connectivity index (χ4n) is 2.52. The monoisotopic (exact) mass is 420 g/mol. The van der Waals surface area contributed by atoms with Gasteiger partial charge in [-0.2, -0.15) is 0 Å². The SMILES string of the molecule is O=C(CN1C(=O)/C(=C/C=C/c2ccccc2)SC1=S)N[C@H]1C=CS(=O)(=O)C1. The number of carbonyl (C=O) groups is 2. The average molecular weight is 421 g/mol. The van der Waals surface area contributed by atoms with Crippen molar-refractivity contribution in [3.63, 3.8) is 0 Å². The van der Waals surface area contributed by atoms with E-state index in [1.165, 1.54) is 11.0 Å². The summed E-state index contributed by atoms with van der Waals surface area (Å²) in [5.74, 6) is -0.965. The van der Waals surface area contributed by atoms with Crippen LogP contribution in [0.25, 0.3) is 6.08 Å². The van der Waals surface area contributed by atoms with Crippen molar-refractivity contribution in [1.29, 1.82) is 0 Å². The molecule has 3 rings (SSSR count). The van der Waals surface area contributed by atoms with Gasteiger partial charge in [-0.25, -0.2) is 8.42 Å². The van der Waals surface area contributed by atoms with E-state index in [9.17, 15) is 18.0 Å². The second-order valence-electron chi connectivity index (χ2n) is 5.89. The van der Waals surface area contributed by atoms with Gasteiger partial charge in [-0.3, -0.25) is 14.5 Å². The molecule has 1 aromatic rings. The molecule has 0 radical (unpaired) electrons. The van der Waals surface area contributed by atoms with Crippen molar-refractivity contribution >= 4 is 56.0 Å². The first-order chi connectivity index (χ1) is 12.8. The van der Waals surface area contributed by atoms with Crippen LogP contribution < -0.4 is 5.32 Å². The molecule has 0 aliphatic carbocycles. The number of allylic oxidation sites excluding steroid dienone is 2. The molecule has 0 saturated carbocycles. The van der Waals surface area contributed by atoms with E-state index < -0.39 is 21.8 Å². The number of nitrogens with zero attached hydrogens (tertiary/aromatic N) is 1. The van der Waals surface area contributed by atoms with Crippen LogP contribution in [0.5, 0.6) is 0 Å². The molecule has 2 heterocycles. The van der Waals surface area contributed by atoms with E-state index >= 15 is 0 Å². The first kappa shape index (κ1) is 19.5. The summed E-state index contributed by atoms with van der Waals surface area (Å²) < 4.78 is 23.0. The van der Waals surface area contributed by atoms with E-state index in [0.717, 1.165) is 22.7 Å². The van der Waals surface area contributed by atoms with Gasteiger partial charge in [0.05, 0.1) is 16.7 Å². The molecule has 1 saturated heterocycles. The Morgan fingerprint density at radius 3 is 2.74 bits per heavy atom. The summed E-state index contributed by atoms with van der Waals surface area (Å²) in [5, 5.41) is 3.66. The first-order valence-corrected chi connectivity index (χ1v) is 11.0. The highest BCUT2D eigenvalue weighted by Crippen LogP contribution is 2.30. The van der Waals surface area contributed by atoms with Crippen molar-refractivity contribution in [1.82, 2.24) is 10.2 Å². The third-order valence-electron chi connectivity index (χ3n) is 3.79. The zero-order valence-corrected chi connectivity index (χ0v) is 16.5. The average Bonchev–Trinajstić information content (AvgIpc) is 3.09. The zero-order chi connectivity index (χ0) is 19.4. The lowest BCUT2D eigenvalue weighted by molar-refractivity contribution is -0.128. The van der Waals surface area contributed by atoms with Crippen molar-refractivity contribution in [2.24, 2.45) is 0 Å². The fraction of sp³-hybridized carbons (Fsp3) is 0.167. The smallest absolute Gasteiger partial charge is 0.266 e. The van der Waals surface area contributed by atoms with Crippen LogP contribution in [0.2, 0.25) is 0 Å². The summed E-state index contributed by atoms with van der Waals surface area (Å²) in [5.41, 5.74) is 1.00. The van der Waals surface area contributed by atoms with Crippen LogP contribution in [-0.4, -0.2) is 47.8 Å². The quantitative estimate of drug-likeness (QED) is 0.578. The molecule has 1 N–H and O–H groups in total. The molecule has 0 aromatic heterocycles. The number of amides is 2. The predicted molar refractivity (Wildman–Crippen MR) is 110 cm³/mol. The summed E-state index contributed by atoms with van der Waals surface area (Å²) in [4.78, 5) is 26.2. The van der Waals surface area contributed by atoms with Gasteiger partial charge in [0.2, 0.25) is 5.91 Å². The highest BCUT2D eigenvalue weighted by molar-refractivity contribution is 8.26. The molecule has 2 amide bonds. The zero-order valence-electron chi connectivity index (χ0n) is 14.1. The van der Waals surface area contributed by atoms with E-state index in [4.69, 9.17) is 12.2 Å². The topological polar surface area (TPSA) is 83.6 Å². The Morgan fingerprint density at radius 2 is 2.07 bits per heavy atom. The van der Waals surface area contributed by atoms with Crippen molar-refractivity contribution in [2.45, 2.75) is 6.04 Å². The van der Waals surface area contributed by atoms with E-state index in [0.29, 0.717) is 9.23 Å². The number of rotatable bonds is 5. The largest absolute Gasteiger partial charge is 0.347 e. The van der Waals surface area contributed by atoms with Crippen LogP contribution in [-0.2, 0) is 19.4 Å². The van der Waals surface area contributed by atoms with Gasteiger partial charge in [-0.1, -0.05) is 66.5 Å². The molecule has 9 heteroatoms. The van der Waals surface area contributed by atoms with Crippen molar-refractivity contribution in [2.75, 3.05) is 12.3 Å². The second kappa shape index (κ2) is 8.20. The van der Waals surface area contributed by atoms with Crippen LogP contribution in [0.1, 0.15) is 5.56 Å². The van der Waals surface area contributed by atoms with Crippen LogP contribution in [0, 0.1) is 0 Å². The third kappa shape index (κ3) is 5.15. The number of thioether (sulfide) groups is 1. The predicted octanol–water partition coefficient (Wildman–Crippen LogP) is 1.87. The third-order valence-corrected chi connectivity index (χ3v) is 6.58. The maximum absolute atomic E-state index is 12.5. The summed E-state index contributed by atoms with van der Waals surface area (Å²) >= 11 is 6.32. The number of thiocarbonyl (C=S) groups is 1. The van der Waals surface area contributed by atoms with Crippen LogP contribution >= 0.6 is 24.0 Å². The van der Waals surface area contributed by atoms with Gasteiger partial charge in [0.25, 0.3) is 5.91 Å². The Hall–Kier alpha value is -2.23. The minimum Gasteiger partial charge on any atom is -0.347 e. The standard InChI is InChI=1S/C18H16N2O4S3/c21-16(19-14-9-10-27(23,24)12-14)11-20-17(22)15(26-18(20)25)8-4-7-13-5-2-1-3-6-13/h1-10,14H,11-12H2,(H,19,21)/b7-4+,15-8-/t14-/m0/s1. The summed E-state index contributed by atoms with van der Waals surface area (Å²) in [7, 11) is -3.25. The number of hydrogen-bond donors (Lipinski definition) is 1. The normalized spacial score (nSPS) is 22.9. The maximum atomic E-state index is 12.5. The Kier molecular flexibility index (Phi) is 5.93. The van der Waals surface area contributed by atoms with Crippen LogP contribution in [0.15, 0.2) is 58.9 Å². The molecule has 1 fully saturated rings. The Bertz CT molecular complexity index is 966. The minimum atomic E-state index is -3.25. The first-order valence-electron chi connectivity index (χ1n) is 8.01. The molecule has 1 atom stereocenters.